The first-order chi connectivity index (χ1) is 18.9. The number of ether oxygens (including phenoxy) is 3. The van der Waals surface area contributed by atoms with E-state index in [2.05, 4.69) is 25.2 Å². The first-order valence-corrected chi connectivity index (χ1v) is 14.2. The lowest BCUT2D eigenvalue weighted by atomic mass is 9.79. The average molecular weight is 533 g/mol. The second-order valence-electron chi connectivity index (χ2n) is 11.8. The van der Waals surface area contributed by atoms with Gasteiger partial charge in [0, 0.05) is 17.6 Å². The van der Waals surface area contributed by atoms with Crippen LogP contribution >= 0.6 is 0 Å². The maximum Gasteiger partial charge on any atom is 0.256 e. The lowest BCUT2D eigenvalue weighted by Crippen LogP contribution is -2.50. The van der Waals surface area contributed by atoms with E-state index in [1.54, 1.807) is 18.5 Å². The van der Waals surface area contributed by atoms with Crippen molar-refractivity contribution in [1.82, 2.24) is 24.4 Å². The van der Waals surface area contributed by atoms with Gasteiger partial charge < -0.3 is 19.5 Å². The SMILES string of the molecule is CC1(C)O[C@@H]2[C@H](O1)[C@@H](CN1CCCC13CCCCC3)O[C@H]2n1cnc2c(NC(=O)c3ccccc3)ncnc21. The Kier molecular flexibility index (Phi) is 6.18. The van der Waals surface area contributed by atoms with E-state index < -0.39 is 12.0 Å². The van der Waals surface area contributed by atoms with Crippen molar-refractivity contribution in [3.05, 3.63) is 48.5 Å². The van der Waals surface area contributed by atoms with E-state index in [1.165, 1.54) is 51.3 Å². The van der Waals surface area contributed by atoms with Gasteiger partial charge >= 0.3 is 0 Å². The summed E-state index contributed by atoms with van der Waals surface area (Å²) < 4.78 is 21.5. The highest BCUT2D eigenvalue weighted by atomic mass is 16.8. The van der Waals surface area contributed by atoms with E-state index in [0.29, 0.717) is 28.1 Å². The molecule has 1 aromatic carbocycles. The highest BCUT2D eigenvalue weighted by Crippen LogP contribution is 2.47. The molecule has 3 saturated heterocycles. The molecule has 206 valence electrons. The minimum atomic E-state index is -0.705. The van der Waals surface area contributed by atoms with E-state index in [4.69, 9.17) is 14.2 Å². The molecular weight excluding hydrogens is 496 g/mol. The zero-order valence-corrected chi connectivity index (χ0v) is 22.6. The number of hydrogen-bond donors (Lipinski definition) is 1. The van der Waals surface area contributed by atoms with Crippen LogP contribution in [0.3, 0.4) is 0 Å². The van der Waals surface area contributed by atoms with Crippen molar-refractivity contribution in [3.8, 4) is 0 Å². The minimum Gasteiger partial charge on any atom is -0.348 e. The van der Waals surface area contributed by atoms with Crippen LogP contribution in [0.4, 0.5) is 5.82 Å². The van der Waals surface area contributed by atoms with Crippen molar-refractivity contribution in [1.29, 1.82) is 0 Å². The highest BCUT2D eigenvalue weighted by molar-refractivity contribution is 6.06. The Balaban J connectivity index is 1.16. The fourth-order valence-electron chi connectivity index (χ4n) is 7.20. The smallest absolute Gasteiger partial charge is 0.256 e. The van der Waals surface area contributed by atoms with Crippen LogP contribution in [-0.2, 0) is 14.2 Å². The summed E-state index contributed by atoms with van der Waals surface area (Å²) in [5.74, 6) is -0.596. The number of likely N-dealkylation sites (tertiary alicyclic amines) is 1. The van der Waals surface area contributed by atoms with Gasteiger partial charge in [-0.15, -0.1) is 0 Å². The quantitative estimate of drug-likeness (QED) is 0.519. The molecule has 1 saturated carbocycles. The van der Waals surface area contributed by atoms with Gasteiger partial charge in [-0.05, 0) is 58.2 Å². The number of nitrogens with zero attached hydrogens (tertiary/aromatic N) is 5. The third-order valence-corrected chi connectivity index (χ3v) is 8.95. The van der Waals surface area contributed by atoms with Gasteiger partial charge in [0.1, 0.15) is 24.6 Å². The second kappa shape index (κ2) is 9.62. The van der Waals surface area contributed by atoms with Crippen molar-refractivity contribution in [2.75, 3.05) is 18.4 Å². The van der Waals surface area contributed by atoms with Crippen LogP contribution in [0, 0.1) is 0 Å². The van der Waals surface area contributed by atoms with Crippen molar-refractivity contribution >= 4 is 22.9 Å². The molecule has 0 unspecified atom stereocenters. The van der Waals surface area contributed by atoms with Crippen LogP contribution < -0.4 is 5.32 Å². The van der Waals surface area contributed by atoms with E-state index in [1.807, 2.05) is 36.6 Å². The molecule has 3 aromatic rings. The lowest BCUT2D eigenvalue weighted by Gasteiger charge is -2.43. The normalized spacial score (nSPS) is 29.7. The standard InChI is InChI=1S/C29H36N6O4/c1-28(2)38-22-20(16-34-15-9-14-29(34)12-7-4-8-13-29)37-27(23(22)39-28)35-18-32-21-24(30-17-31-25(21)35)33-26(36)19-10-5-3-6-11-19/h3,5-6,10-11,17-18,20,22-23,27H,4,7-9,12-16H2,1-2H3,(H,30,31,33,36)/t20-,22-,23-,27-/m1/s1. The van der Waals surface area contributed by atoms with Crippen molar-refractivity contribution in [3.63, 3.8) is 0 Å². The van der Waals surface area contributed by atoms with Crippen LogP contribution in [0.1, 0.15) is 75.4 Å². The molecule has 4 atom stereocenters. The number of carbonyl (C=O) groups excluding carboxylic acids is 1. The van der Waals surface area contributed by atoms with Gasteiger partial charge in [-0.2, -0.15) is 0 Å². The first-order valence-electron chi connectivity index (χ1n) is 14.2. The molecule has 2 aromatic heterocycles. The Morgan fingerprint density at radius 2 is 1.77 bits per heavy atom. The number of carbonyl (C=O) groups is 1. The summed E-state index contributed by atoms with van der Waals surface area (Å²) in [7, 11) is 0. The van der Waals surface area contributed by atoms with Crippen LogP contribution in [0.15, 0.2) is 43.0 Å². The van der Waals surface area contributed by atoms with E-state index in [0.717, 1.165) is 13.1 Å². The molecule has 1 aliphatic carbocycles. The summed E-state index contributed by atoms with van der Waals surface area (Å²) in [6.07, 6.45) is 11.1. The Hall–Kier alpha value is -2.92. The molecule has 39 heavy (non-hydrogen) atoms. The lowest BCUT2D eigenvalue weighted by molar-refractivity contribution is -0.199. The number of nitrogens with one attached hydrogen (secondary N) is 1. The van der Waals surface area contributed by atoms with Crippen LogP contribution in [0.5, 0.6) is 0 Å². The zero-order valence-electron chi connectivity index (χ0n) is 22.6. The highest BCUT2D eigenvalue weighted by Gasteiger charge is 2.57. The summed E-state index contributed by atoms with van der Waals surface area (Å²) >= 11 is 0. The number of hydrogen-bond acceptors (Lipinski definition) is 8. The molecule has 0 bridgehead atoms. The Bertz CT molecular complexity index is 1350. The Labute approximate surface area is 228 Å². The molecular formula is C29H36N6O4. The minimum absolute atomic E-state index is 0.129. The fourth-order valence-corrected chi connectivity index (χ4v) is 7.20. The van der Waals surface area contributed by atoms with Gasteiger partial charge in [-0.1, -0.05) is 37.5 Å². The predicted octanol–water partition coefficient (Wildman–Crippen LogP) is 4.29. The van der Waals surface area contributed by atoms with Gasteiger partial charge in [0.15, 0.2) is 29.0 Å². The van der Waals surface area contributed by atoms with Gasteiger partial charge in [-0.25, -0.2) is 15.0 Å². The Morgan fingerprint density at radius 1 is 1.00 bits per heavy atom. The summed E-state index contributed by atoms with van der Waals surface area (Å²) in [5, 5.41) is 2.89. The van der Waals surface area contributed by atoms with Gasteiger partial charge in [0.05, 0.1) is 6.33 Å². The van der Waals surface area contributed by atoms with Crippen molar-refractivity contribution < 1.29 is 19.0 Å². The van der Waals surface area contributed by atoms with E-state index in [-0.39, 0.29) is 24.2 Å². The molecule has 5 heterocycles. The summed E-state index contributed by atoms with van der Waals surface area (Å²) in [6.45, 7) is 5.86. The number of aromatic nitrogens is 4. The molecule has 10 heteroatoms. The third-order valence-electron chi connectivity index (χ3n) is 8.95. The molecule has 10 nitrogen and oxygen atoms in total. The molecule has 3 aliphatic heterocycles. The predicted molar refractivity (Wildman–Crippen MR) is 144 cm³/mol. The molecule has 1 amide bonds. The maximum atomic E-state index is 12.8. The van der Waals surface area contributed by atoms with E-state index in [9.17, 15) is 4.79 Å². The summed E-state index contributed by atoms with van der Waals surface area (Å²) in [4.78, 5) is 28.9. The van der Waals surface area contributed by atoms with Crippen molar-refractivity contribution in [2.45, 2.75) is 94.7 Å². The summed E-state index contributed by atoms with van der Waals surface area (Å²) in [6, 6.07) is 9.05. The van der Waals surface area contributed by atoms with E-state index >= 15 is 0 Å². The number of rotatable bonds is 5. The molecule has 0 radical (unpaired) electrons. The van der Waals surface area contributed by atoms with Crippen molar-refractivity contribution in [2.24, 2.45) is 0 Å². The average Bonchev–Trinajstić information content (AvgIpc) is 3.69. The molecule has 1 N–H and O–H groups in total. The number of fused-ring (bicyclic) bond motifs is 2. The van der Waals surface area contributed by atoms with Crippen LogP contribution in [0.25, 0.3) is 11.2 Å². The maximum absolute atomic E-state index is 12.8. The zero-order chi connectivity index (χ0) is 26.6. The summed E-state index contributed by atoms with van der Waals surface area (Å²) in [5.41, 5.74) is 1.94. The third kappa shape index (κ3) is 4.43. The topological polar surface area (TPSA) is 104 Å². The fraction of sp³-hybridized carbons (Fsp3) is 0.586. The van der Waals surface area contributed by atoms with Gasteiger partial charge in [0.25, 0.3) is 5.91 Å². The number of anilines is 1. The molecule has 7 rings (SSSR count). The number of benzene rings is 1. The molecule has 1 spiro atoms. The largest absolute Gasteiger partial charge is 0.348 e. The van der Waals surface area contributed by atoms with Gasteiger partial charge in [-0.3, -0.25) is 14.3 Å². The van der Waals surface area contributed by atoms with Crippen LogP contribution in [0.2, 0.25) is 0 Å². The second-order valence-corrected chi connectivity index (χ2v) is 11.8. The first kappa shape index (κ1) is 25.1. The number of imidazole rings is 1. The molecule has 4 fully saturated rings. The van der Waals surface area contributed by atoms with Crippen LogP contribution in [-0.4, -0.2) is 73.1 Å². The van der Waals surface area contributed by atoms with Gasteiger partial charge in [0.2, 0.25) is 0 Å². The monoisotopic (exact) mass is 532 g/mol. The molecule has 4 aliphatic rings. The Morgan fingerprint density at radius 3 is 2.59 bits per heavy atom. The number of amides is 1.